The van der Waals surface area contributed by atoms with Gasteiger partial charge >= 0.3 is 300 Å². The summed E-state index contributed by atoms with van der Waals surface area (Å²) in [7, 11) is 0. The van der Waals surface area contributed by atoms with Gasteiger partial charge in [0.1, 0.15) is 0 Å². The average Bonchev–Trinajstić information content (AvgIpc) is 3.03. The van der Waals surface area contributed by atoms with Crippen molar-refractivity contribution in [3.63, 3.8) is 0 Å². The maximum absolute atomic E-state index is 2.92. The van der Waals surface area contributed by atoms with E-state index in [-0.39, 0.29) is 0 Å². The van der Waals surface area contributed by atoms with Crippen LogP contribution in [0.1, 0.15) is 0 Å². The molecule has 208 valence electrons. The van der Waals surface area contributed by atoms with E-state index in [9.17, 15) is 0 Å². The Hall–Kier alpha value is -0.942. The second kappa shape index (κ2) is 14.4. The summed E-state index contributed by atoms with van der Waals surface area (Å²) in [4.78, 5) is 10.1. The molecule has 0 fully saturated rings. The van der Waals surface area contributed by atoms with Crippen LogP contribution in [0.25, 0.3) is 10.8 Å². The summed E-state index contributed by atoms with van der Waals surface area (Å²) in [5.41, 5.74) is 0. The molecule has 0 saturated carbocycles. The molecule has 0 bridgehead atoms. The van der Waals surface area contributed by atoms with Crippen molar-refractivity contribution in [2.45, 2.75) is 39.2 Å². The Kier molecular flexibility index (Phi) is 10.7. The van der Waals surface area contributed by atoms with E-state index in [2.05, 4.69) is 185 Å². The summed E-state index contributed by atoms with van der Waals surface area (Å²) in [6, 6.07) is 42.8. The molecule has 42 heavy (non-hydrogen) atoms. The first-order valence-corrected chi connectivity index (χ1v) is 19.9. The van der Waals surface area contributed by atoms with Crippen LogP contribution < -0.4 is 17.8 Å². The summed E-state index contributed by atoms with van der Waals surface area (Å²) in [6.07, 6.45) is 0. The molecule has 0 unspecified atom stereocenters. The summed E-state index contributed by atoms with van der Waals surface area (Å²) in [5.74, 6) is 0. The van der Waals surface area contributed by atoms with Crippen molar-refractivity contribution >= 4 is 140 Å². The molecule has 6 rings (SSSR count). The molecule has 0 amide bonds. The second-order valence-electron chi connectivity index (χ2n) is 9.12. The van der Waals surface area contributed by atoms with Gasteiger partial charge in [0.05, 0.1) is 0 Å². The van der Waals surface area contributed by atoms with Crippen LogP contribution >= 0.6 is 47.0 Å². The molecule has 0 spiro atoms. The Morgan fingerprint density at radius 1 is 0.286 bits per heavy atom. The Morgan fingerprint density at radius 2 is 0.476 bits per heavy atom. The molecule has 0 atom stereocenters. The monoisotopic (exact) mass is 880 g/mol. The van der Waals surface area contributed by atoms with E-state index >= 15 is 0 Å². The van der Waals surface area contributed by atoms with E-state index in [0.29, 0.717) is 0 Å². The van der Waals surface area contributed by atoms with Gasteiger partial charge < -0.3 is 0 Å². The molecule has 0 nitrogen and oxygen atoms in total. The minimum atomic E-state index is 1.24. The molecule has 0 saturated heterocycles. The summed E-state index contributed by atoms with van der Waals surface area (Å²) >= 11 is 19.1. The van der Waals surface area contributed by atoms with Gasteiger partial charge in [0.15, 0.2) is 0 Å². The van der Waals surface area contributed by atoms with Crippen molar-refractivity contribution in [3.05, 3.63) is 121 Å². The van der Waals surface area contributed by atoms with Crippen molar-refractivity contribution in [1.29, 1.82) is 0 Å². The van der Waals surface area contributed by atoms with Crippen LogP contribution in [0.3, 0.4) is 0 Å². The van der Waals surface area contributed by atoms with E-state index in [4.69, 9.17) is 0 Å². The molecule has 8 heteroatoms. The Morgan fingerprint density at radius 3 is 0.667 bits per heavy atom. The zero-order chi connectivity index (χ0) is 29.1. The first kappa shape index (κ1) is 31.1. The Balaban J connectivity index is 1.64. The fourth-order valence-corrected chi connectivity index (χ4v) is 14.0. The molecule has 6 aromatic carbocycles. The maximum atomic E-state index is 2.92. The second-order valence-corrected chi connectivity index (χ2v) is 17.2. The van der Waals surface area contributed by atoms with Crippen LogP contribution in [0.15, 0.2) is 160 Å². The summed E-state index contributed by atoms with van der Waals surface area (Å²) < 4.78 is 5.03. The van der Waals surface area contributed by atoms with E-state index in [0.717, 1.165) is 0 Å². The first-order valence-electron chi connectivity index (χ1n) is 12.9. The van der Waals surface area contributed by atoms with E-state index < -0.39 is 0 Å². The number of hydrogen-bond donors (Lipinski definition) is 0. The van der Waals surface area contributed by atoms with Crippen LogP contribution in [0.2, 0.25) is 0 Å². The van der Waals surface area contributed by atoms with Crippen LogP contribution in [-0.2, 0) is 0 Å². The van der Waals surface area contributed by atoms with Crippen molar-refractivity contribution < 1.29 is 0 Å². The van der Waals surface area contributed by atoms with Crippen molar-refractivity contribution in [2.75, 3.05) is 0 Å². The minimum absolute atomic E-state index is 1.24. The van der Waals surface area contributed by atoms with Crippen molar-refractivity contribution in [2.24, 2.45) is 0 Å². The predicted molar refractivity (Wildman–Crippen MR) is 193 cm³/mol. The number of rotatable bonds is 8. The third kappa shape index (κ3) is 6.82. The third-order valence-corrected chi connectivity index (χ3v) is 16.1. The topological polar surface area (TPSA) is 0 Å². The first-order chi connectivity index (χ1) is 20.5. The van der Waals surface area contributed by atoms with Crippen molar-refractivity contribution in [1.82, 2.24) is 0 Å². The van der Waals surface area contributed by atoms with E-state index in [1.807, 2.05) is 47.0 Å². The SMILES string of the molecule is [SeH]c1c(Sc2ccccc2)c(Sc2ccccc2)c([SeH])c2c([SeH])c(Sc3ccccc3)c(Sc3ccccc3)c([SeH])c12. The van der Waals surface area contributed by atoms with E-state index in [1.165, 1.54) is 67.8 Å². The molecular weight excluding hydrogens is 852 g/mol. The summed E-state index contributed by atoms with van der Waals surface area (Å²) in [6.45, 7) is 0. The zero-order valence-electron chi connectivity index (χ0n) is 22.0. The normalized spacial score (nSPS) is 11.2. The Bertz CT molecular complexity index is 1580. The average molecular weight is 877 g/mol. The number of benzene rings is 6. The molecule has 6 aromatic rings. The molecule has 0 aliphatic rings. The molecule has 0 heterocycles. The summed E-state index contributed by atoms with van der Waals surface area (Å²) in [5, 5.41) is 2.60. The van der Waals surface area contributed by atoms with Gasteiger partial charge in [-0.05, 0) is 0 Å². The van der Waals surface area contributed by atoms with Gasteiger partial charge in [0.2, 0.25) is 0 Å². The van der Waals surface area contributed by atoms with Crippen molar-refractivity contribution in [3.8, 4) is 0 Å². The van der Waals surface area contributed by atoms with Gasteiger partial charge in [0.25, 0.3) is 0 Å². The van der Waals surface area contributed by atoms with Gasteiger partial charge in [-0.1, -0.05) is 0 Å². The van der Waals surface area contributed by atoms with Crippen LogP contribution in [0, 0.1) is 0 Å². The zero-order valence-corrected chi connectivity index (χ0v) is 32.7. The van der Waals surface area contributed by atoms with E-state index in [1.54, 1.807) is 0 Å². The Labute approximate surface area is 297 Å². The van der Waals surface area contributed by atoms with Crippen LogP contribution in [-0.4, -0.2) is 64.1 Å². The third-order valence-electron chi connectivity index (χ3n) is 6.32. The van der Waals surface area contributed by atoms with Gasteiger partial charge in [-0.3, -0.25) is 0 Å². The fraction of sp³-hybridized carbons (Fsp3) is 0. The molecule has 0 aromatic heterocycles. The van der Waals surface area contributed by atoms with Crippen LogP contribution in [0.4, 0.5) is 0 Å². The molecule has 0 aliphatic heterocycles. The quantitative estimate of drug-likeness (QED) is 0.184. The van der Waals surface area contributed by atoms with Gasteiger partial charge in [0, 0.05) is 0 Å². The molecule has 0 radical (unpaired) electrons. The molecular formula is C34H24S4Se4. The van der Waals surface area contributed by atoms with Gasteiger partial charge in [-0.25, -0.2) is 0 Å². The predicted octanol–water partition coefficient (Wildman–Crippen LogP) is 5.55. The van der Waals surface area contributed by atoms with Gasteiger partial charge in [-0.2, -0.15) is 0 Å². The van der Waals surface area contributed by atoms with Crippen LogP contribution in [0.5, 0.6) is 0 Å². The van der Waals surface area contributed by atoms with Gasteiger partial charge in [-0.15, -0.1) is 0 Å². The fourth-order valence-electron chi connectivity index (χ4n) is 4.39. The molecule has 0 N–H and O–H groups in total. The molecule has 0 aliphatic carbocycles. The number of fused-ring (bicyclic) bond motifs is 1. The standard InChI is InChI=1S/C34H24S4Se4/c39-31-25-26(32(40)28(36-22-15-7-2-8-16-22)27(31)35-21-13-5-1-6-14-21)34(42)30(38-24-19-11-4-12-20-24)29(33(25)41)37-23-17-9-3-10-18-23/h1-20,39-42H. The number of hydrogen-bond acceptors (Lipinski definition) is 4.